The number of carbonyl (C=O) groups is 2. The molecule has 1 fully saturated rings. The number of hydrogen-bond donors (Lipinski definition) is 2. The van der Waals surface area contributed by atoms with E-state index in [1.54, 1.807) is 0 Å². The maximum absolute atomic E-state index is 12.7. The number of amides is 3. The summed E-state index contributed by atoms with van der Waals surface area (Å²) in [5.74, 6) is -2.00. The highest BCUT2D eigenvalue weighted by Gasteiger charge is 2.45. The molecule has 0 spiro atoms. The van der Waals surface area contributed by atoms with Gasteiger partial charge >= 0.3 is 18.1 Å². The normalized spacial score (nSPS) is 20.5. The number of fused-ring (bicyclic) bond motifs is 2. The number of nitrogens with zero attached hydrogens (tertiary/aromatic N) is 1. The minimum absolute atomic E-state index is 0.106. The Morgan fingerprint density at radius 3 is 2.25 bits per heavy atom. The van der Waals surface area contributed by atoms with Gasteiger partial charge in [-0.1, -0.05) is 6.07 Å². The molecule has 0 radical (unpaired) electrons. The van der Waals surface area contributed by atoms with Gasteiger partial charge in [-0.3, -0.25) is 4.79 Å². The van der Waals surface area contributed by atoms with Gasteiger partial charge < -0.3 is 10.2 Å². The van der Waals surface area contributed by atoms with Crippen molar-refractivity contribution >= 4 is 27.6 Å². The van der Waals surface area contributed by atoms with E-state index < -0.39 is 34.2 Å². The van der Waals surface area contributed by atoms with Crippen molar-refractivity contribution in [1.29, 1.82) is 0 Å². The smallest absolute Gasteiger partial charge is 0.328 e. The number of halogens is 3. The molecule has 4 rings (SSSR count). The fourth-order valence-corrected chi connectivity index (χ4v) is 5.64. The molecule has 1 aromatic carbocycles. The van der Waals surface area contributed by atoms with Crippen LogP contribution in [0, 0.1) is 0 Å². The lowest BCUT2D eigenvalue weighted by atomic mass is 9.99. The van der Waals surface area contributed by atoms with Crippen LogP contribution in [0.2, 0.25) is 0 Å². The average Bonchev–Trinajstić information content (AvgIpc) is 3.44. The molecule has 1 aliphatic heterocycles. The molecule has 0 aromatic heterocycles. The first kappa shape index (κ1) is 22.6. The lowest BCUT2D eigenvalue weighted by Crippen LogP contribution is -2.43. The minimum atomic E-state index is -5.02. The van der Waals surface area contributed by atoms with E-state index in [-0.39, 0.29) is 13.0 Å². The molecule has 7 nitrogen and oxygen atoms in total. The van der Waals surface area contributed by atoms with E-state index >= 15 is 0 Å². The molecule has 1 aromatic rings. The number of likely N-dealkylation sites (tertiary alicyclic amines) is 1. The Bertz CT molecular complexity index is 1050. The molecular formula is C21H24F3N3O4S. The summed E-state index contributed by atoms with van der Waals surface area (Å²) in [6.07, 6.45) is 1.97. The van der Waals surface area contributed by atoms with Crippen LogP contribution in [0.1, 0.15) is 47.9 Å². The van der Waals surface area contributed by atoms with Crippen molar-refractivity contribution in [1.82, 2.24) is 9.62 Å². The molecule has 1 saturated heterocycles. The highest BCUT2D eigenvalue weighted by Crippen LogP contribution is 2.38. The van der Waals surface area contributed by atoms with Crippen LogP contribution < -0.4 is 10.0 Å². The Morgan fingerprint density at radius 1 is 1.03 bits per heavy atom. The van der Waals surface area contributed by atoms with Crippen molar-refractivity contribution in [2.75, 3.05) is 11.9 Å². The van der Waals surface area contributed by atoms with E-state index in [2.05, 4.69) is 11.4 Å². The van der Waals surface area contributed by atoms with E-state index in [9.17, 15) is 31.2 Å². The summed E-state index contributed by atoms with van der Waals surface area (Å²) < 4.78 is 64.7. The van der Waals surface area contributed by atoms with E-state index in [1.807, 2.05) is 4.72 Å². The standard InChI is InChI=1S/C21H24F3N3O4S/c22-21(23,24)19(28)27-10-3-6-15(27)9-11-32(30,31)26-20(29)25-18-16-7-1-4-13(16)12-14-5-2-8-17(14)18/h9,11-12,15H,1-8,10H2,(H2,25,26,29)/b11-9+/t15-/m1/s1. The van der Waals surface area contributed by atoms with Gasteiger partial charge in [-0.15, -0.1) is 0 Å². The number of anilines is 1. The molecule has 174 valence electrons. The lowest BCUT2D eigenvalue weighted by Gasteiger charge is -2.23. The Hall–Kier alpha value is -2.56. The number of urea groups is 1. The highest BCUT2D eigenvalue weighted by molar-refractivity contribution is 7.92. The Morgan fingerprint density at radius 2 is 1.66 bits per heavy atom. The van der Waals surface area contributed by atoms with Gasteiger partial charge in [0.2, 0.25) is 0 Å². The Balaban J connectivity index is 1.45. The molecule has 2 aliphatic carbocycles. The van der Waals surface area contributed by atoms with Crippen LogP contribution in [0.3, 0.4) is 0 Å². The second-order valence-electron chi connectivity index (χ2n) is 8.37. The lowest BCUT2D eigenvalue weighted by molar-refractivity contribution is -0.185. The quantitative estimate of drug-likeness (QED) is 0.705. The maximum atomic E-state index is 12.7. The van der Waals surface area contributed by atoms with Crippen LogP contribution >= 0.6 is 0 Å². The first-order valence-corrected chi connectivity index (χ1v) is 12.2. The first-order valence-electron chi connectivity index (χ1n) is 10.6. The maximum Gasteiger partial charge on any atom is 0.471 e. The zero-order valence-corrected chi connectivity index (χ0v) is 18.1. The summed E-state index contributed by atoms with van der Waals surface area (Å²) in [5, 5.41) is 3.35. The molecule has 3 amide bonds. The van der Waals surface area contributed by atoms with Crippen LogP contribution in [0.5, 0.6) is 0 Å². The van der Waals surface area contributed by atoms with Crippen molar-refractivity contribution in [3.63, 3.8) is 0 Å². The Kier molecular flexibility index (Phi) is 5.95. The van der Waals surface area contributed by atoms with Crippen LogP contribution in [-0.4, -0.2) is 44.0 Å². The van der Waals surface area contributed by atoms with Crippen LogP contribution in [0.25, 0.3) is 0 Å². The van der Waals surface area contributed by atoms with Gasteiger partial charge in [0.15, 0.2) is 0 Å². The summed E-state index contributed by atoms with van der Waals surface area (Å²) in [4.78, 5) is 24.6. The van der Waals surface area contributed by atoms with E-state index in [1.165, 1.54) is 11.1 Å². The number of benzene rings is 1. The second-order valence-corrected chi connectivity index (χ2v) is 9.94. The van der Waals surface area contributed by atoms with Crippen molar-refractivity contribution in [2.24, 2.45) is 0 Å². The zero-order chi connectivity index (χ0) is 23.1. The monoisotopic (exact) mass is 471 g/mol. The van der Waals surface area contributed by atoms with E-state index in [4.69, 9.17) is 0 Å². The third-order valence-electron chi connectivity index (χ3n) is 6.23. The van der Waals surface area contributed by atoms with Gasteiger partial charge in [-0.05, 0) is 79.7 Å². The minimum Gasteiger partial charge on any atom is -0.328 e. The molecule has 1 atom stereocenters. The summed E-state index contributed by atoms with van der Waals surface area (Å²) in [6, 6.07) is 0.270. The van der Waals surface area contributed by atoms with Gasteiger partial charge in [0.1, 0.15) is 0 Å². The largest absolute Gasteiger partial charge is 0.471 e. The number of hydrogen-bond acceptors (Lipinski definition) is 4. The molecular weight excluding hydrogens is 447 g/mol. The predicted molar refractivity (Wildman–Crippen MR) is 111 cm³/mol. The van der Waals surface area contributed by atoms with Crippen molar-refractivity contribution in [3.05, 3.63) is 39.8 Å². The number of aryl methyl sites for hydroxylation is 2. The third kappa shape index (κ3) is 4.62. The molecule has 3 aliphatic rings. The number of carbonyl (C=O) groups excluding carboxylic acids is 2. The predicted octanol–water partition coefficient (Wildman–Crippen LogP) is 3.18. The van der Waals surface area contributed by atoms with Gasteiger partial charge in [-0.25, -0.2) is 17.9 Å². The van der Waals surface area contributed by atoms with Crippen LogP contribution in [0.4, 0.5) is 23.7 Å². The molecule has 32 heavy (non-hydrogen) atoms. The van der Waals surface area contributed by atoms with E-state index in [0.717, 1.165) is 55.7 Å². The average molecular weight is 472 g/mol. The summed E-state index contributed by atoms with van der Waals surface area (Å²) >= 11 is 0. The fourth-order valence-electron chi connectivity index (χ4n) is 4.87. The molecule has 2 N–H and O–H groups in total. The number of alkyl halides is 3. The molecule has 0 bridgehead atoms. The zero-order valence-electron chi connectivity index (χ0n) is 17.3. The van der Waals surface area contributed by atoms with Gasteiger partial charge in [0.05, 0.1) is 6.04 Å². The molecule has 0 unspecified atom stereocenters. The van der Waals surface area contributed by atoms with Gasteiger partial charge in [-0.2, -0.15) is 13.2 Å². The van der Waals surface area contributed by atoms with Crippen LogP contribution in [0.15, 0.2) is 17.6 Å². The van der Waals surface area contributed by atoms with Gasteiger partial charge in [0.25, 0.3) is 10.0 Å². The molecule has 0 saturated carbocycles. The van der Waals surface area contributed by atoms with Gasteiger partial charge in [0, 0.05) is 17.6 Å². The highest BCUT2D eigenvalue weighted by atomic mass is 32.2. The number of rotatable bonds is 4. The summed E-state index contributed by atoms with van der Waals surface area (Å²) in [5.41, 5.74) is 5.13. The Labute approximate surface area is 184 Å². The van der Waals surface area contributed by atoms with Crippen molar-refractivity contribution in [3.8, 4) is 0 Å². The fraction of sp³-hybridized carbons (Fsp3) is 0.524. The molecule has 1 heterocycles. The topological polar surface area (TPSA) is 95.6 Å². The van der Waals surface area contributed by atoms with E-state index in [0.29, 0.717) is 22.4 Å². The first-order chi connectivity index (χ1) is 15.0. The number of nitrogens with one attached hydrogen (secondary N) is 2. The van der Waals surface area contributed by atoms with Crippen LogP contribution in [-0.2, 0) is 40.5 Å². The second kappa shape index (κ2) is 8.42. The summed E-state index contributed by atoms with van der Waals surface area (Å²) in [7, 11) is -4.26. The number of sulfonamides is 1. The van der Waals surface area contributed by atoms with Crippen molar-refractivity contribution in [2.45, 2.75) is 63.6 Å². The third-order valence-corrected chi connectivity index (χ3v) is 7.21. The van der Waals surface area contributed by atoms with Crippen molar-refractivity contribution < 1.29 is 31.2 Å². The molecule has 11 heteroatoms. The summed E-state index contributed by atoms with van der Waals surface area (Å²) in [6.45, 7) is -0.106. The SMILES string of the molecule is O=C(Nc1c2c(cc3c1CCC3)CCC2)NS(=O)(=O)/C=C/[C@H]1CCCN1C(=O)C(F)(F)F.